The van der Waals surface area contributed by atoms with Crippen LogP contribution < -0.4 is 5.09 Å². The molecule has 1 rings (SSSR count). The number of aliphatic hydroxyl groups is 1. The molecule has 8 heteroatoms. The highest BCUT2D eigenvalue weighted by Crippen LogP contribution is 2.44. The van der Waals surface area contributed by atoms with Gasteiger partial charge in [-0.2, -0.15) is 0 Å². The standard InChI is InChI=1S/C16H26NO5PS/c1-4-21-23(20,17-12-14-8-6-5-7-9-14)22-10-11-24-15(19)16(2,3)13-18/h5-9,18H,4,10-13H2,1-3H3,(H,17,20). The van der Waals surface area contributed by atoms with E-state index < -0.39 is 13.2 Å². The maximum atomic E-state index is 12.6. The minimum atomic E-state index is -3.42. The van der Waals surface area contributed by atoms with Crippen molar-refractivity contribution in [3.63, 3.8) is 0 Å². The van der Waals surface area contributed by atoms with E-state index in [1.165, 1.54) is 0 Å². The van der Waals surface area contributed by atoms with E-state index in [0.29, 0.717) is 12.3 Å². The average Bonchev–Trinajstić information content (AvgIpc) is 2.58. The molecule has 0 aliphatic carbocycles. The Morgan fingerprint density at radius 3 is 2.54 bits per heavy atom. The van der Waals surface area contributed by atoms with Gasteiger partial charge in [0.1, 0.15) is 0 Å². The van der Waals surface area contributed by atoms with Crippen LogP contribution in [0.25, 0.3) is 0 Å². The van der Waals surface area contributed by atoms with Crippen molar-refractivity contribution in [2.24, 2.45) is 5.41 Å². The lowest BCUT2D eigenvalue weighted by atomic mass is 9.97. The van der Waals surface area contributed by atoms with E-state index in [9.17, 15) is 9.36 Å². The molecule has 0 fully saturated rings. The summed E-state index contributed by atoms with van der Waals surface area (Å²) in [6.45, 7) is 5.60. The molecule has 0 saturated carbocycles. The first-order valence-electron chi connectivity index (χ1n) is 7.79. The normalized spacial score (nSPS) is 14.3. The predicted molar refractivity (Wildman–Crippen MR) is 96.8 cm³/mol. The first kappa shape index (κ1) is 21.4. The summed E-state index contributed by atoms with van der Waals surface area (Å²) in [6.07, 6.45) is 0. The Kier molecular flexibility index (Phi) is 9.19. The van der Waals surface area contributed by atoms with E-state index in [-0.39, 0.29) is 24.9 Å². The molecule has 0 radical (unpaired) electrons. The van der Waals surface area contributed by atoms with Crippen LogP contribution in [-0.4, -0.2) is 35.8 Å². The van der Waals surface area contributed by atoms with Crippen molar-refractivity contribution in [2.45, 2.75) is 27.3 Å². The summed E-state index contributed by atoms with van der Waals surface area (Å²) in [4.78, 5) is 11.9. The number of benzene rings is 1. The molecule has 2 N–H and O–H groups in total. The van der Waals surface area contributed by atoms with E-state index in [1.807, 2.05) is 30.3 Å². The van der Waals surface area contributed by atoms with Crippen LogP contribution in [0.4, 0.5) is 0 Å². The Balaban J connectivity index is 2.44. The van der Waals surface area contributed by atoms with E-state index >= 15 is 0 Å². The number of aliphatic hydroxyl groups excluding tert-OH is 1. The van der Waals surface area contributed by atoms with Gasteiger partial charge in [0, 0.05) is 12.3 Å². The second-order valence-electron chi connectivity index (χ2n) is 5.75. The fourth-order valence-electron chi connectivity index (χ4n) is 1.63. The van der Waals surface area contributed by atoms with Crippen LogP contribution in [0.3, 0.4) is 0 Å². The fraction of sp³-hybridized carbons (Fsp3) is 0.562. The molecule has 24 heavy (non-hydrogen) atoms. The lowest BCUT2D eigenvalue weighted by Crippen LogP contribution is -2.26. The second-order valence-corrected chi connectivity index (χ2v) is 8.64. The fourth-order valence-corrected chi connectivity index (χ4v) is 3.87. The number of nitrogens with one attached hydrogen (secondary N) is 1. The Morgan fingerprint density at radius 1 is 1.29 bits per heavy atom. The number of rotatable bonds is 11. The molecule has 1 aromatic carbocycles. The molecule has 0 aromatic heterocycles. The molecule has 1 aromatic rings. The van der Waals surface area contributed by atoms with Gasteiger partial charge in [0.15, 0.2) is 5.12 Å². The van der Waals surface area contributed by atoms with Crippen molar-refractivity contribution in [3.8, 4) is 0 Å². The minimum absolute atomic E-state index is 0.108. The molecule has 1 unspecified atom stereocenters. The van der Waals surface area contributed by atoms with Crippen LogP contribution in [0.2, 0.25) is 0 Å². The second kappa shape index (κ2) is 10.3. The third kappa shape index (κ3) is 7.47. The first-order chi connectivity index (χ1) is 11.3. The van der Waals surface area contributed by atoms with Gasteiger partial charge in [-0.25, -0.2) is 9.65 Å². The quantitative estimate of drug-likeness (QED) is 0.454. The average molecular weight is 375 g/mol. The highest BCUT2D eigenvalue weighted by Gasteiger charge is 2.28. The van der Waals surface area contributed by atoms with Gasteiger partial charge in [0.25, 0.3) is 0 Å². The predicted octanol–water partition coefficient (Wildman–Crippen LogP) is 3.22. The van der Waals surface area contributed by atoms with E-state index in [1.54, 1.807) is 20.8 Å². The number of thioether (sulfide) groups is 1. The highest BCUT2D eigenvalue weighted by atomic mass is 32.2. The molecule has 0 aliphatic rings. The zero-order valence-corrected chi connectivity index (χ0v) is 16.1. The van der Waals surface area contributed by atoms with Crippen LogP contribution in [0.1, 0.15) is 26.3 Å². The van der Waals surface area contributed by atoms with Gasteiger partial charge in [-0.1, -0.05) is 42.1 Å². The maximum absolute atomic E-state index is 12.6. The van der Waals surface area contributed by atoms with Gasteiger partial charge in [0.2, 0.25) is 0 Å². The molecular formula is C16H26NO5PS. The molecule has 0 amide bonds. The molecule has 0 saturated heterocycles. The van der Waals surface area contributed by atoms with E-state index in [2.05, 4.69) is 5.09 Å². The Morgan fingerprint density at radius 2 is 1.96 bits per heavy atom. The summed E-state index contributed by atoms with van der Waals surface area (Å²) >= 11 is 1.05. The van der Waals surface area contributed by atoms with Gasteiger partial charge in [-0.3, -0.25) is 13.8 Å². The SMILES string of the molecule is CCOP(=O)(NCc1ccccc1)OCCSC(=O)C(C)(C)CO. The number of carbonyl (C=O) groups is 1. The molecular weight excluding hydrogens is 349 g/mol. The largest absolute Gasteiger partial charge is 0.405 e. The molecule has 0 heterocycles. The van der Waals surface area contributed by atoms with Gasteiger partial charge >= 0.3 is 7.75 Å². The Bertz CT molecular complexity index is 553. The zero-order valence-electron chi connectivity index (χ0n) is 14.4. The maximum Gasteiger partial charge on any atom is 0.405 e. The van der Waals surface area contributed by atoms with E-state index in [0.717, 1.165) is 17.3 Å². The molecule has 136 valence electrons. The van der Waals surface area contributed by atoms with Crippen molar-refractivity contribution in [1.29, 1.82) is 0 Å². The number of hydrogen-bond acceptors (Lipinski definition) is 6. The summed E-state index contributed by atoms with van der Waals surface area (Å²) in [6, 6.07) is 9.52. The van der Waals surface area contributed by atoms with Crippen LogP contribution in [0, 0.1) is 5.41 Å². The lowest BCUT2D eigenvalue weighted by Gasteiger charge is -2.20. The van der Waals surface area contributed by atoms with Crippen LogP contribution in [0.15, 0.2) is 30.3 Å². The third-order valence-electron chi connectivity index (χ3n) is 3.14. The summed E-state index contributed by atoms with van der Waals surface area (Å²) < 4.78 is 23.2. The monoisotopic (exact) mass is 375 g/mol. The molecule has 0 spiro atoms. The minimum Gasteiger partial charge on any atom is -0.395 e. The van der Waals surface area contributed by atoms with Crippen molar-refractivity contribution in [2.75, 3.05) is 25.6 Å². The molecule has 0 aliphatic heterocycles. The number of carbonyl (C=O) groups excluding carboxylic acids is 1. The van der Waals surface area contributed by atoms with Gasteiger partial charge in [-0.15, -0.1) is 0 Å². The Hall–Kier alpha value is -0.690. The topological polar surface area (TPSA) is 84.9 Å². The first-order valence-corrected chi connectivity index (χ1v) is 10.3. The van der Waals surface area contributed by atoms with E-state index in [4.69, 9.17) is 14.2 Å². The summed E-state index contributed by atoms with van der Waals surface area (Å²) in [5.74, 6) is 0.340. The summed E-state index contributed by atoms with van der Waals surface area (Å²) in [5, 5.41) is 11.9. The molecule has 6 nitrogen and oxygen atoms in total. The summed E-state index contributed by atoms with van der Waals surface area (Å²) in [5.41, 5.74) is 0.176. The van der Waals surface area contributed by atoms with Crippen molar-refractivity contribution >= 4 is 24.6 Å². The lowest BCUT2D eigenvalue weighted by molar-refractivity contribution is -0.119. The Labute approximate surface area is 147 Å². The van der Waals surface area contributed by atoms with Crippen molar-refractivity contribution < 1.29 is 23.5 Å². The van der Waals surface area contributed by atoms with Gasteiger partial charge in [0.05, 0.1) is 25.2 Å². The van der Waals surface area contributed by atoms with Crippen LogP contribution >= 0.6 is 19.5 Å². The smallest absolute Gasteiger partial charge is 0.395 e. The number of hydrogen-bond donors (Lipinski definition) is 2. The van der Waals surface area contributed by atoms with Gasteiger partial charge < -0.3 is 5.11 Å². The van der Waals surface area contributed by atoms with Crippen LogP contribution in [-0.2, 0) is 25.0 Å². The highest BCUT2D eigenvalue weighted by molar-refractivity contribution is 8.13. The molecule has 0 bridgehead atoms. The van der Waals surface area contributed by atoms with Crippen molar-refractivity contribution in [1.82, 2.24) is 5.09 Å². The summed E-state index contributed by atoms with van der Waals surface area (Å²) in [7, 11) is -3.42. The molecule has 1 atom stereocenters. The zero-order chi connectivity index (χ0) is 18.1. The van der Waals surface area contributed by atoms with Gasteiger partial charge in [-0.05, 0) is 26.3 Å². The van der Waals surface area contributed by atoms with Crippen LogP contribution in [0.5, 0.6) is 0 Å². The van der Waals surface area contributed by atoms with Crippen molar-refractivity contribution in [3.05, 3.63) is 35.9 Å². The third-order valence-corrected chi connectivity index (χ3v) is 6.00.